The number of hydrogen-bond donors (Lipinski definition) is 3. The van der Waals surface area contributed by atoms with Crippen LogP contribution in [0.25, 0.3) is 0 Å². The summed E-state index contributed by atoms with van der Waals surface area (Å²) in [5.74, 6) is 0.462. The van der Waals surface area contributed by atoms with Crippen molar-refractivity contribution in [2.75, 3.05) is 0 Å². The summed E-state index contributed by atoms with van der Waals surface area (Å²) in [5.41, 5.74) is 7.32. The van der Waals surface area contributed by atoms with Gasteiger partial charge in [-0.15, -0.1) is 0 Å². The van der Waals surface area contributed by atoms with Gasteiger partial charge in [-0.05, 0) is 72.4 Å². The summed E-state index contributed by atoms with van der Waals surface area (Å²) in [6.45, 7) is 7.42. The number of aromatic hydroxyl groups is 3. The molecule has 6 heteroatoms. The van der Waals surface area contributed by atoms with E-state index in [-0.39, 0.29) is 56.9 Å². The van der Waals surface area contributed by atoms with Crippen LogP contribution in [0, 0.1) is 0 Å². The number of rotatable bonds is 3. The SMILES string of the molecule is CCc1cc2c(O)c(c1)COCc1cc(CC)cc(c1O)COCc1cc(CC)cc(c1O)COC2. The third kappa shape index (κ3) is 5.84. The zero-order valence-corrected chi connectivity index (χ0v) is 21.4. The second kappa shape index (κ2) is 11.8. The molecule has 1 aliphatic heterocycles. The largest absolute Gasteiger partial charge is 0.507 e. The van der Waals surface area contributed by atoms with Gasteiger partial charge in [0.1, 0.15) is 17.2 Å². The Morgan fingerprint density at radius 2 is 0.639 bits per heavy atom. The molecule has 6 bridgehead atoms. The van der Waals surface area contributed by atoms with Crippen molar-refractivity contribution < 1.29 is 29.5 Å². The van der Waals surface area contributed by atoms with E-state index in [2.05, 4.69) is 20.8 Å². The maximum Gasteiger partial charge on any atom is 0.126 e. The van der Waals surface area contributed by atoms with E-state index in [1.54, 1.807) is 0 Å². The molecule has 36 heavy (non-hydrogen) atoms. The van der Waals surface area contributed by atoms with Crippen LogP contribution in [0.2, 0.25) is 0 Å². The Morgan fingerprint density at radius 3 is 0.806 bits per heavy atom. The molecule has 4 rings (SSSR count). The number of hydrogen-bond acceptors (Lipinski definition) is 6. The lowest BCUT2D eigenvalue weighted by Crippen LogP contribution is -2.04. The van der Waals surface area contributed by atoms with Gasteiger partial charge in [0.05, 0.1) is 39.6 Å². The number of aryl methyl sites for hydroxylation is 3. The highest BCUT2D eigenvalue weighted by Gasteiger charge is 2.16. The second-order valence-corrected chi connectivity index (χ2v) is 9.33. The summed E-state index contributed by atoms with van der Waals surface area (Å²) in [4.78, 5) is 0. The molecule has 0 spiro atoms. The Kier molecular flexibility index (Phi) is 8.52. The fraction of sp³-hybridized carbons (Fsp3) is 0.400. The summed E-state index contributed by atoms with van der Waals surface area (Å²) >= 11 is 0. The number of fused-ring (bicyclic) bond motifs is 6. The molecule has 0 fully saturated rings. The Morgan fingerprint density at radius 1 is 0.444 bits per heavy atom. The van der Waals surface area contributed by atoms with Crippen LogP contribution in [0.5, 0.6) is 17.2 Å². The standard InChI is InChI=1S/C30H36O6/c1-4-19-7-22-13-34-15-24-9-20(5-2)11-26(29(24)32)17-36-18-27-12-21(6-3)10-25(30(27)33)16-35-14-23(8-19)28(22)31/h7-12,31-33H,4-6,13-18H2,1-3H3. The quantitative estimate of drug-likeness (QED) is 0.418. The summed E-state index contributed by atoms with van der Waals surface area (Å²) < 4.78 is 17.9. The van der Waals surface area contributed by atoms with Gasteiger partial charge in [0.2, 0.25) is 0 Å². The van der Waals surface area contributed by atoms with Gasteiger partial charge < -0.3 is 29.5 Å². The first-order valence-electron chi connectivity index (χ1n) is 12.7. The minimum absolute atomic E-state index is 0.154. The Labute approximate surface area is 213 Å². The Bertz CT molecular complexity index is 990. The summed E-state index contributed by atoms with van der Waals surface area (Å²) in [6.07, 6.45) is 2.43. The fourth-order valence-corrected chi connectivity index (χ4v) is 4.58. The molecule has 3 aromatic rings. The Balaban J connectivity index is 1.74. The molecular weight excluding hydrogens is 456 g/mol. The lowest BCUT2D eigenvalue weighted by molar-refractivity contribution is 0.0930. The third-order valence-electron chi connectivity index (χ3n) is 6.75. The van der Waals surface area contributed by atoms with Crippen molar-refractivity contribution in [1.29, 1.82) is 0 Å². The molecule has 1 heterocycles. The van der Waals surface area contributed by atoms with Crippen molar-refractivity contribution in [1.82, 2.24) is 0 Å². The van der Waals surface area contributed by atoms with Crippen LogP contribution in [0.15, 0.2) is 36.4 Å². The van der Waals surface area contributed by atoms with Gasteiger partial charge in [-0.2, -0.15) is 0 Å². The lowest BCUT2D eigenvalue weighted by atomic mass is 10.0. The van der Waals surface area contributed by atoms with E-state index in [9.17, 15) is 15.3 Å². The van der Waals surface area contributed by atoms with Gasteiger partial charge in [-0.3, -0.25) is 0 Å². The van der Waals surface area contributed by atoms with Crippen LogP contribution < -0.4 is 0 Å². The normalized spacial score (nSPS) is 14.8. The van der Waals surface area contributed by atoms with Crippen molar-refractivity contribution in [3.8, 4) is 17.2 Å². The molecule has 0 amide bonds. The molecule has 0 atom stereocenters. The van der Waals surface area contributed by atoms with Crippen molar-refractivity contribution in [3.05, 3.63) is 86.5 Å². The summed E-state index contributed by atoms with van der Waals surface area (Å²) in [7, 11) is 0. The summed E-state index contributed by atoms with van der Waals surface area (Å²) in [5, 5.41) is 32.8. The van der Waals surface area contributed by atoms with Gasteiger partial charge in [-0.1, -0.05) is 20.8 Å². The highest BCUT2D eigenvalue weighted by Crippen LogP contribution is 2.32. The third-order valence-corrected chi connectivity index (χ3v) is 6.75. The predicted octanol–water partition coefficient (Wildman–Crippen LogP) is 5.95. The zero-order valence-electron chi connectivity index (χ0n) is 21.4. The highest BCUT2D eigenvalue weighted by molar-refractivity contribution is 5.46. The molecule has 0 aromatic heterocycles. The minimum Gasteiger partial charge on any atom is -0.507 e. The molecule has 3 N–H and O–H groups in total. The van der Waals surface area contributed by atoms with Crippen LogP contribution >= 0.6 is 0 Å². The number of phenolic OH excluding ortho intramolecular Hbond substituents is 3. The molecule has 192 valence electrons. The van der Waals surface area contributed by atoms with E-state index in [4.69, 9.17) is 14.2 Å². The van der Waals surface area contributed by atoms with Crippen molar-refractivity contribution in [2.24, 2.45) is 0 Å². The molecule has 0 radical (unpaired) electrons. The fourth-order valence-electron chi connectivity index (χ4n) is 4.58. The van der Waals surface area contributed by atoms with Gasteiger partial charge in [0, 0.05) is 33.4 Å². The van der Waals surface area contributed by atoms with E-state index in [0.717, 1.165) is 36.0 Å². The maximum atomic E-state index is 10.9. The molecule has 0 saturated heterocycles. The smallest absolute Gasteiger partial charge is 0.126 e. The minimum atomic E-state index is 0.154. The molecular formula is C30H36O6. The van der Waals surface area contributed by atoms with Crippen LogP contribution in [0.1, 0.15) is 70.8 Å². The Hall–Kier alpha value is -3.06. The van der Waals surface area contributed by atoms with Crippen molar-refractivity contribution in [2.45, 2.75) is 79.7 Å². The molecule has 0 saturated carbocycles. The molecule has 0 unspecified atom stereocenters. The van der Waals surface area contributed by atoms with Gasteiger partial charge in [0.15, 0.2) is 0 Å². The highest BCUT2D eigenvalue weighted by atomic mass is 16.5. The number of benzene rings is 3. The second-order valence-electron chi connectivity index (χ2n) is 9.33. The van der Waals surface area contributed by atoms with Crippen LogP contribution in [-0.4, -0.2) is 15.3 Å². The first-order valence-corrected chi connectivity index (χ1v) is 12.7. The average Bonchev–Trinajstić information content (AvgIpc) is 2.88. The topological polar surface area (TPSA) is 88.4 Å². The zero-order chi connectivity index (χ0) is 25.7. The van der Waals surface area contributed by atoms with E-state index in [1.165, 1.54) is 0 Å². The van der Waals surface area contributed by atoms with Gasteiger partial charge in [-0.25, -0.2) is 0 Å². The van der Waals surface area contributed by atoms with Crippen LogP contribution in [0.4, 0.5) is 0 Å². The predicted molar refractivity (Wildman–Crippen MR) is 138 cm³/mol. The van der Waals surface area contributed by atoms with E-state index < -0.39 is 0 Å². The van der Waals surface area contributed by atoms with Crippen LogP contribution in [-0.2, 0) is 73.1 Å². The van der Waals surface area contributed by atoms with Gasteiger partial charge >= 0.3 is 0 Å². The molecule has 3 aromatic carbocycles. The van der Waals surface area contributed by atoms with Crippen LogP contribution in [0.3, 0.4) is 0 Å². The molecule has 0 aliphatic carbocycles. The summed E-state index contributed by atoms with van der Waals surface area (Å²) in [6, 6.07) is 11.7. The molecule has 6 nitrogen and oxygen atoms in total. The van der Waals surface area contributed by atoms with E-state index >= 15 is 0 Å². The van der Waals surface area contributed by atoms with E-state index in [0.29, 0.717) is 33.4 Å². The van der Waals surface area contributed by atoms with Gasteiger partial charge in [0.25, 0.3) is 0 Å². The first-order chi connectivity index (χ1) is 17.4. The first kappa shape index (κ1) is 26.0. The van der Waals surface area contributed by atoms with Crippen molar-refractivity contribution in [3.63, 3.8) is 0 Å². The van der Waals surface area contributed by atoms with E-state index in [1.807, 2.05) is 36.4 Å². The maximum absolute atomic E-state index is 10.9. The monoisotopic (exact) mass is 492 g/mol. The molecule has 1 aliphatic rings. The van der Waals surface area contributed by atoms with Crippen molar-refractivity contribution >= 4 is 0 Å². The lowest BCUT2D eigenvalue weighted by Gasteiger charge is -2.17. The average molecular weight is 493 g/mol. The number of ether oxygens (including phenoxy) is 3. The number of phenols is 3.